The summed E-state index contributed by atoms with van der Waals surface area (Å²) < 4.78 is 58.7. The Morgan fingerprint density at radius 2 is 1.56 bits per heavy atom. The summed E-state index contributed by atoms with van der Waals surface area (Å²) in [5, 5.41) is 0.518. The van der Waals surface area contributed by atoms with Crippen LogP contribution in [0.5, 0.6) is 11.5 Å². The van der Waals surface area contributed by atoms with Crippen LogP contribution >= 0.6 is 0 Å². The van der Waals surface area contributed by atoms with E-state index in [1.807, 2.05) is 0 Å². The van der Waals surface area contributed by atoms with E-state index in [2.05, 4.69) is 0 Å². The Bertz CT molecular complexity index is 1760. The molecule has 5 aromatic rings. The van der Waals surface area contributed by atoms with E-state index in [9.17, 15) is 22.8 Å². The molecule has 0 N–H and O–H groups in total. The number of ether oxygens (including phenoxy) is 2. The van der Waals surface area contributed by atoms with Crippen LogP contribution in [0.4, 0.5) is 13.2 Å². The highest BCUT2D eigenvalue weighted by Crippen LogP contribution is 2.33. The zero-order valence-electron chi connectivity index (χ0n) is 18.5. The third-order valence-corrected chi connectivity index (χ3v) is 6.11. The molecule has 1 aliphatic rings. The van der Waals surface area contributed by atoms with Gasteiger partial charge < -0.3 is 13.9 Å². The summed E-state index contributed by atoms with van der Waals surface area (Å²) in [4.78, 5) is 27.1. The summed E-state index contributed by atoms with van der Waals surface area (Å²) in [7, 11) is 0. The normalized spacial score (nSPS) is 13.1. The number of aromatic nitrogens is 2. The first-order valence-electron chi connectivity index (χ1n) is 11.0. The van der Waals surface area contributed by atoms with E-state index in [0.29, 0.717) is 28.0 Å². The van der Waals surface area contributed by atoms with Crippen molar-refractivity contribution in [3.63, 3.8) is 0 Å². The van der Waals surface area contributed by atoms with Gasteiger partial charge in [-0.15, -0.1) is 0 Å². The third kappa shape index (κ3) is 3.62. The fraction of sp³-hybridized carbons (Fsp3) is 0.154. The Morgan fingerprint density at radius 1 is 0.806 bits per heavy atom. The summed E-state index contributed by atoms with van der Waals surface area (Å²) >= 11 is 0. The average molecular weight is 494 g/mol. The van der Waals surface area contributed by atoms with Crippen molar-refractivity contribution in [2.24, 2.45) is 0 Å². The van der Waals surface area contributed by atoms with E-state index in [4.69, 9.17) is 13.9 Å². The maximum atomic E-state index is 13.7. The van der Waals surface area contributed by atoms with Crippen molar-refractivity contribution in [1.29, 1.82) is 0 Å². The summed E-state index contributed by atoms with van der Waals surface area (Å²) in [5.41, 5.74) is -0.689. The maximum absolute atomic E-state index is 13.7. The lowest BCUT2D eigenvalue weighted by Gasteiger charge is -2.14. The number of furan rings is 1. The summed E-state index contributed by atoms with van der Waals surface area (Å²) in [6, 6.07) is 16.6. The number of alkyl halides is 3. The molecule has 3 heterocycles. The van der Waals surface area contributed by atoms with E-state index in [0.717, 1.165) is 16.7 Å². The minimum Gasteiger partial charge on any atom is -0.454 e. The molecule has 0 unspecified atom stereocenters. The highest BCUT2D eigenvalue weighted by molar-refractivity contribution is 6.02. The number of hydrogen-bond donors (Lipinski definition) is 0. The number of hydrogen-bond acceptors (Lipinski definition) is 5. The van der Waals surface area contributed by atoms with Gasteiger partial charge in [-0.05, 0) is 47.5 Å². The fourth-order valence-electron chi connectivity index (χ4n) is 4.43. The van der Waals surface area contributed by atoms with Gasteiger partial charge in [-0.25, -0.2) is 4.79 Å². The number of nitrogens with zero attached hydrogens (tertiary/aromatic N) is 2. The molecule has 10 heteroatoms. The largest absolute Gasteiger partial charge is 0.454 e. The van der Waals surface area contributed by atoms with Crippen LogP contribution in [0, 0.1) is 0 Å². The maximum Gasteiger partial charge on any atom is 0.416 e. The molecular weight excluding hydrogens is 477 g/mol. The molecule has 36 heavy (non-hydrogen) atoms. The van der Waals surface area contributed by atoms with Crippen LogP contribution in [0.2, 0.25) is 0 Å². The van der Waals surface area contributed by atoms with Crippen LogP contribution in [-0.4, -0.2) is 15.9 Å². The van der Waals surface area contributed by atoms with Crippen molar-refractivity contribution in [3.05, 3.63) is 104 Å². The zero-order valence-corrected chi connectivity index (χ0v) is 18.5. The lowest BCUT2D eigenvalue weighted by Crippen LogP contribution is -2.40. The lowest BCUT2D eigenvalue weighted by molar-refractivity contribution is -0.137. The summed E-state index contributed by atoms with van der Waals surface area (Å²) in [6.45, 7) is -0.207. The highest BCUT2D eigenvalue weighted by Gasteiger charge is 2.30. The van der Waals surface area contributed by atoms with Gasteiger partial charge in [0.15, 0.2) is 11.5 Å². The van der Waals surface area contributed by atoms with Gasteiger partial charge in [0, 0.05) is 5.39 Å². The van der Waals surface area contributed by atoms with Gasteiger partial charge in [0.2, 0.25) is 12.4 Å². The third-order valence-electron chi connectivity index (χ3n) is 6.11. The molecule has 0 radical (unpaired) electrons. The second kappa shape index (κ2) is 8.04. The van der Waals surface area contributed by atoms with E-state index >= 15 is 0 Å². The molecule has 0 saturated heterocycles. The number of para-hydroxylation sites is 1. The number of fused-ring (bicyclic) bond motifs is 4. The van der Waals surface area contributed by atoms with Gasteiger partial charge in [-0.2, -0.15) is 13.2 Å². The molecule has 0 aliphatic carbocycles. The molecule has 0 spiro atoms. The molecule has 0 bridgehead atoms. The van der Waals surface area contributed by atoms with Crippen molar-refractivity contribution in [1.82, 2.24) is 9.13 Å². The Balaban J connectivity index is 1.55. The summed E-state index contributed by atoms with van der Waals surface area (Å²) in [5.74, 6) is 1.05. The minimum absolute atomic E-state index is 0.0523. The van der Waals surface area contributed by atoms with Crippen LogP contribution in [-0.2, 0) is 19.3 Å². The van der Waals surface area contributed by atoms with Gasteiger partial charge in [-0.1, -0.05) is 30.3 Å². The standard InChI is InChI=1S/C26H17F3N2O5/c27-26(28,29)17-5-3-4-15(10-17)12-30-22-18-6-1-2-7-19(18)36-23(22)24(32)31(25(30)33)13-16-8-9-20-21(11-16)35-14-34-20/h1-11H,12-14H2. The topological polar surface area (TPSA) is 75.6 Å². The summed E-state index contributed by atoms with van der Waals surface area (Å²) in [6.07, 6.45) is -4.53. The van der Waals surface area contributed by atoms with Crippen molar-refractivity contribution < 1.29 is 27.1 Å². The molecule has 0 atom stereocenters. The first-order valence-corrected chi connectivity index (χ1v) is 11.0. The monoisotopic (exact) mass is 494 g/mol. The second-order valence-corrected chi connectivity index (χ2v) is 8.42. The number of rotatable bonds is 4. The van der Waals surface area contributed by atoms with Crippen LogP contribution in [0.3, 0.4) is 0 Å². The predicted molar refractivity (Wildman–Crippen MR) is 124 cm³/mol. The average Bonchev–Trinajstić information content (AvgIpc) is 3.48. The first-order chi connectivity index (χ1) is 17.3. The van der Waals surface area contributed by atoms with Gasteiger partial charge in [0.05, 0.1) is 18.7 Å². The first kappa shape index (κ1) is 22.0. The molecule has 182 valence electrons. The number of benzene rings is 3. The van der Waals surface area contributed by atoms with Gasteiger partial charge >= 0.3 is 11.9 Å². The number of halogens is 3. The Morgan fingerprint density at radius 3 is 2.39 bits per heavy atom. The van der Waals surface area contributed by atoms with Crippen molar-refractivity contribution >= 4 is 22.1 Å². The molecule has 7 nitrogen and oxygen atoms in total. The molecule has 2 aromatic heterocycles. The van der Waals surface area contributed by atoms with Crippen LogP contribution in [0.25, 0.3) is 22.1 Å². The van der Waals surface area contributed by atoms with E-state index in [-0.39, 0.29) is 36.5 Å². The molecule has 1 aliphatic heterocycles. The second-order valence-electron chi connectivity index (χ2n) is 8.42. The molecule has 0 amide bonds. The predicted octanol–water partition coefficient (Wildman–Crippen LogP) is 4.75. The molecule has 0 fully saturated rings. The van der Waals surface area contributed by atoms with Crippen LogP contribution in [0.1, 0.15) is 16.7 Å². The fourth-order valence-corrected chi connectivity index (χ4v) is 4.43. The Hall–Kier alpha value is -4.47. The quantitative estimate of drug-likeness (QED) is 0.360. The molecule has 0 saturated carbocycles. The zero-order chi connectivity index (χ0) is 25.0. The van der Waals surface area contributed by atoms with Crippen molar-refractivity contribution in [3.8, 4) is 11.5 Å². The van der Waals surface area contributed by atoms with Crippen LogP contribution in [0.15, 0.2) is 80.7 Å². The smallest absolute Gasteiger partial charge is 0.416 e. The van der Waals surface area contributed by atoms with E-state index in [1.54, 1.807) is 42.5 Å². The molecule has 3 aromatic carbocycles. The minimum atomic E-state index is -4.53. The lowest BCUT2D eigenvalue weighted by atomic mass is 10.1. The van der Waals surface area contributed by atoms with Gasteiger partial charge in [0.25, 0.3) is 5.56 Å². The molecule has 6 rings (SSSR count). The van der Waals surface area contributed by atoms with Crippen molar-refractivity contribution in [2.75, 3.05) is 6.79 Å². The van der Waals surface area contributed by atoms with E-state index < -0.39 is 23.0 Å². The Labute approximate surface area is 200 Å². The van der Waals surface area contributed by atoms with E-state index in [1.165, 1.54) is 16.7 Å². The molecular formula is C26H17F3N2O5. The Kier molecular flexibility index (Phi) is 4.92. The van der Waals surface area contributed by atoms with Gasteiger partial charge in [0.1, 0.15) is 11.1 Å². The van der Waals surface area contributed by atoms with Gasteiger partial charge in [-0.3, -0.25) is 13.9 Å². The van der Waals surface area contributed by atoms with Crippen molar-refractivity contribution in [2.45, 2.75) is 19.3 Å². The van der Waals surface area contributed by atoms with Crippen LogP contribution < -0.4 is 20.7 Å². The SMILES string of the molecule is O=c1c2oc3ccccc3c2n(Cc2cccc(C(F)(F)F)c2)c(=O)n1Cc1ccc2c(c1)OCO2. The highest BCUT2D eigenvalue weighted by atomic mass is 19.4.